The number of aliphatic hydroxyl groups is 1. The summed E-state index contributed by atoms with van der Waals surface area (Å²) in [4.78, 5) is 0. The SMILES string of the molecule is CC1C(C)C1(c1ccccc1)C(C)(C)O. The van der Waals surface area contributed by atoms with Crippen LogP contribution < -0.4 is 0 Å². The van der Waals surface area contributed by atoms with Crippen LogP contribution >= 0.6 is 0 Å². The Balaban J connectivity index is 2.48. The molecule has 2 rings (SSSR count). The summed E-state index contributed by atoms with van der Waals surface area (Å²) in [6.07, 6.45) is 0. The van der Waals surface area contributed by atoms with E-state index in [0.29, 0.717) is 11.8 Å². The molecule has 2 atom stereocenters. The average molecular weight is 204 g/mol. The lowest BCUT2D eigenvalue weighted by molar-refractivity contribution is 0.0278. The van der Waals surface area contributed by atoms with Crippen molar-refractivity contribution in [2.45, 2.75) is 38.7 Å². The molecule has 0 saturated heterocycles. The van der Waals surface area contributed by atoms with Crippen LogP contribution in [0.3, 0.4) is 0 Å². The van der Waals surface area contributed by atoms with Gasteiger partial charge in [-0.1, -0.05) is 44.2 Å². The van der Waals surface area contributed by atoms with E-state index in [0.717, 1.165) is 0 Å². The predicted molar refractivity (Wildman–Crippen MR) is 62.7 cm³/mol. The van der Waals surface area contributed by atoms with Gasteiger partial charge in [0, 0.05) is 5.41 Å². The van der Waals surface area contributed by atoms with Crippen molar-refractivity contribution in [1.29, 1.82) is 0 Å². The van der Waals surface area contributed by atoms with Crippen molar-refractivity contribution in [2.24, 2.45) is 11.8 Å². The van der Waals surface area contributed by atoms with Crippen LogP contribution in [0.1, 0.15) is 33.3 Å². The highest BCUT2D eigenvalue weighted by Gasteiger charge is 2.67. The first-order valence-electron chi connectivity index (χ1n) is 5.70. The van der Waals surface area contributed by atoms with Gasteiger partial charge in [-0.15, -0.1) is 0 Å². The molecule has 82 valence electrons. The summed E-state index contributed by atoms with van der Waals surface area (Å²) < 4.78 is 0. The largest absolute Gasteiger partial charge is 0.390 e. The summed E-state index contributed by atoms with van der Waals surface area (Å²) in [5.74, 6) is 1.11. The first-order valence-corrected chi connectivity index (χ1v) is 5.70. The zero-order chi connectivity index (χ0) is 11.3. The van der Waals surface area contributed by atoms with Gasteiger partial charge in [-0.25, -0.2) is 0 Å². The monoisotopic (exact) mass is 204 g/mol. The highest BCUT2D eigenvalue weighted by atomic mass is 16.3. The maximum atomic E-state index is 10.4. The number of benzene rings is 1. The molecule has 1 saturated carbocycles. The highest BCUT2D eigenvalue weighted by molar-refractivity contribution is 5.39. The highest BCUT2D eigenvalue weighted by Crippen LogP contribution is 2.64. The third-order valence-corrected chi connectivity index (χ3v) is 4.34. The lowest BCUT2D eigenvalue weighted by atomic mass is 9.78. The molecule has 1 fully saturated rings. The molecule has 0 bridgehead atoms. The van der Waals surface area contributed by atoms with Gasteiger partial charge in [-0.2, -0.15) is 0 Å². The fraction of sp³-hybridized carbons (Fsp3) is 0.571. The van der Waals surface area contributed by atoms with E-state index < -0.39 is 5.60 Å². The lowest BCUT2D eigenvalue weighted by Gasteiger charge is -2.32. The molecule has 0 heterocycles. The number of hydrogen-bond donors (Lipinski definition) is 1. The van der Waals surface area contributed by atoms with Gasteiger partial charge in [-0.05, 0) is 31.2 Å². The molecule has 1 aliphatic carbocycles. The van der Waals surface area contributed by atoms with Gasteiger partial charge in [0.1, 0.15) is 0 Å². The summed E-state index contributed by atoms with van der Waals surface area (Å²) in [5, 5.41) is 10.4. The van der Waals surface area contributed by atoms with E-state index >= 15 is 0 Å². The van der Waals surface area contributed by atoms with E-state index in [2.05, 4.69) is 38.1 Å². The topological polar surface area (TPSA) is 20.2 Å². The van der Waals surface area contributed by atoms with Gasteiger partial charge in [-0.3, -0.25) is 0 Å². The van der Waals surface area contributed by atoms with Crippen LogP contribution in [0.2, 0.25) is 0 Å². The lowest BCUT2D eigenvalue weighted by Crippen LogP contribution is -2.38. The molecular weight excluding hydrogens is 184 g/mol. The molecule has 0 aliphatic heterocycles. The fourth-order valence-electron chi connectivity index (χ4n) is 3.48. The molecule has 1 nitrogen and oxygen atoms in total. The molecule has 0 spiro atoms. The van der Waals surface area contributed by atoms with E-state index in [1.165, 1.54) is 5.56 Å². The third-order valence-electron chi connectivity index (χ3n) is 4.34. The molecule has 1 N–H and O–H groups in total. The number of rotatable bonds is 2. The van der Waals surface area contributed by atoms with Crippen molar-refractivity contribution in [3.63, 3.8) is 0 Å². The second-order valence-corrected chi connectivity index (χ2v) is 5.37. The van der Waals surface area contributed by atoms with Crippen LogP contribution in [0.4, 0.5) is 0 Å². The van der Waals surface area contributed by atoms with Crippen molar-refractivity contribution in [3.05, 3.63) is 35.9 Å². The van der Waals surface area contributed by atoms with E-state index in [9.17, 15) is 5.11 Å². The Kier molecular flexibility index (Phi) is 2.20. The Morgan fingerprint density at radius 1 is 1.07 bits per heavy atom. The normalized spacial score (nSPS) is 35.3. The maximum Gasteiger partial charge on any atom is 0.0693 e. The minimum absolute atomic E-state index is 0.0474. The molecule has 1 heteroatoms. The van der Waals surface area contributed by atoms with Gasteiger partial charge in [0.25, 0.3) is 0 Å². The van der Waals surface area contributed by atoms with E-state index in [4.69, 9.17) is 0 Å². The molecule has 0 radical (unpaired) electrons. The van der Waals surface area contributed by atoms with Crippen LogP contribution in [0.25, 0.3) is 0 Å². The zero-order valence-electron chi connectivity index (χ0n) is 9.99. The van der Waals surface area contributed by atoms with Gasteiger partial charge in [0.2, 0.25) is 0 Å². The molecule has 15 heavy (non-hydrogen) atoms. The van der Waals surface area contributed by atoms with E-state index in [-0.39, 0.29) is 5.41 Å². The van der Waals surface area contributed by atoms with Crippen LogP contribution in [-0.4, -0.2) is 10.7 Å². The molecular formula is C14H20O. The Bertz CT molecular complexity index is 339. The Morgan fingerprint density at radius 2 is 1.53 bits per heavy atom. The van der Waals surface area contributed by atoms with Crippen LogP contribution in [0.15, 0.2) is 30.3 Å². The number of hydrogen-bond acceptors (Lipinski definition) is 1. The van der Waals surface area contributed by atoms with Gasteiger partial charge in [0.15, 0.2) is 0 Å². The summed E-state index contributed by atoms with van der Waals surface area (Å²) in [7, 11) is 0. The minimum atomic E-state index is -0.646. The summed E-state index contributed by atoms with van der Waals surface area (Å²) in [6, 6.07) is 10.4. The van der Waals surface area contributed by atoms with Crippen molar-refractivity contribution in [1.82, 2.24) is 0 Å². The van der Waals surface area contributed by atoms with Crippen molar-refractivity contribution < 1.29 is 5.11 Å². The summed E-state index contributed by atoms with van der Waals surface area (Å²) >= 11 is 0. The van der Waals surface area contributed by atoms with Crippen LogP contribution in [0.5, 0.6) is 0 Å². The van der Waals surface area contributed by atoms with Gasteiger partial charge >= 0.3 is 0 Å². The standard InChI is InChI=1S/C14H20O/c1-10-11(2)14(10,13(3,4)15)12-8-6-5-7-9-12/h5-11,15H,1-4H3. The van der Waals surface area contributed by atoms with Crippen molar-refractivity contribution in [3.8, 4) is 0 Å². The van der Waals surface area contributed by atoms with E-state index in [1.54, 1.807) is 0 Å². The zero-order valence-corrected chi connectivity index (χ0v) is 9.99. The van der Waals surface area contributed by atoms with E-state index in [1.807, 2.05) is 19.9 Å². The Hall–Kier alpha value is -0.820. The summed E-state index contributed by atoms with van der Waals surface area (Å²) in [5.41, 5.74) is 0.582. The maximum absolute atomic E-state index is 10.4. The second-order valence-electron chi connectivity index (χ2n) is 5.37. The average Bonchev–Trinajstić information content (AvgIpc) is 2.71. The minimum Gasteiger partial charge on any atom is -0.390 e. The molecule has 0 amide bonds. The third kappa shape index (κ3) is 1.26. The Morgan fingerprint density at radius 3 is 1.87 bits per heavy atom. The molecule has 0 aromatic heterocycles. The predicted octanol–water partition coefficient (Wildman–Crippen LogP) is 2.98. The molecule has 1 aliphatic rings. The van der Waals surface area contributed by atoms with Gasteiger partial charge in [0.05, 0.1) is 5.60 Å². The smallest absolute Gasteiger partial charge is 0.0693 e. The molecule has 2 unspecified atom stereocenters. The molecule has 1 aromatic carbocycles. The molecule has 1 aromatic rings. The van der Waals surface area contributed by atoms with Crippen molar-refractivity contribution >= 4 is 0 Å². The van der Waals surface area contributed by atoms with Gasteiger partial charge < -0.3 is 5.11 Å². The Labute approximate surface area is 92.1 Å². The van der Waals surface area contributed by atoms with Crippen LogP contribution in [0, 0.1) is 11.8 Å². The van der Waals surface area contributed by atoms with Crippen LogP contribution in [-0.2, 0) is 5.41 Å². The first kappa shape index (κ1) is 10.7. The summed E-state index contributed by atoms with van der Waals surface area (Å²) in [6.45, 7) is 8.32. The second kappa shape index (κ2) is 3.08. The fourth-order valence-corrected chi connectivity index (χ4v) is 3.48. The first-order chi connectivity index (χ1) is 6.92. The van der Waals surface area contributed by atoms with Crippen molar-refractivity contribution in [2.75, 3.05) is 0 Å². The quantitative estimate of drug-likeness (QED) is 0.785.